The highest BCUT2D eigenvalue weighted by molar-refractivity contribution is 6.60. The molecule has 0 bridgehead atoms. The van der Waals surface area contributed by atoms with Gasteiger partial charge in [-0.1, -0.05) is 0 Å². The summed E-state index contributed by atoms with van der Waals surface area (Å²) in [4.78, 5) is 0. The number of rotatable bonds is 11. The Bertz CT molecular complexity index is 206. The molecule has 0 atom stereocenters. The lowest BCUT2D eigenvalue weighted by atomic mass is 10.3. The van der Waals surface area contributed by atoms with Crippen molar-refractivity contribution in [1.82, 2.24) is 0 Å². The van der Waals surface area contributed by atoms with Crippen LogP contribution in [0.4, 0.5) is 0 Å². The van der Waals surface area contributed by atoms with Crippen LogP contribution in [0.5, 0.6) is 0 Å². The molecule has 0 aromatic heterocycles. The molecule has 1 N–H and O–H groups in total. The first-order valence-electron chi connectivity index (χ1n) is 6.69. The number of aliphatic hydroxyl groups excluding tert-OH is 1. The first-order valence-corrected chi connectivity index (χ1v) is 8.62. The van der Waals surface area contributed by atoms with Gasteiger partial charge in [0.05, 0.1) is 32.2 Å². The lowest BCUT2D eigenvalue weighted by molar-refractivity contribution is -0.923. The molecule has 0 aliphatic heterocycles. The van der Waals surface area contributed by atoms with Gasteiger partial charge in [0.15, 0.2) is 0 Å². The smallest absolute Gasteiger partial charge is 0.505 e. The Morgan fingerprint density at radius 3 is 1.74 bits per heavy atom. The summed E-state index contributed by atoms with van der Waals surface area (Å²) in [5.41, 5.74) is 0. The van der Waals surface area contributed by atoms with Crippen LogP contribution in [0.15, 0.2) is 0 Å². The van der Waals surface area contributed by atoms with Crippen molar-refractivity contribution >= 4 is 8.80 Å². The van der Waals surface area contributed by atoms with Gasteiger partial charge in [-0.05, 0) is 13.8 Å². The fraction of sp³-hybridized carbons (Fsp3) is 1.00. The van der Waals surface area contributed by atoms with Crippen LogP contribution in [0.3, 0.4) is 0 Å². The van der Waals surface area contributed by atoms with E-state index >= 15 is 0 Å². The molecule has 0 fully saturated rings. The quantitative estimate of drug-likeness (QED) is 0.358. The van der Waals surface area contributed by atoms with E-state index in [1.807, 2.05) is 0 Å². The van der Waals surface area contributed by atoms with Crippen molar-refractivity contribution < 1.29 is 35.3 Å². The number of nitrogens with zero attached hydrogens (tertiary/aromatic N) is 1. The Morgan fingerprint density at radius 2 is 1.42 bits per heavy atom. The molecule has 0 saturated heterocycles. The molecule has 0 rings (SSSR count). The Balaban J connectivity index is 0. The van der Waals surface area contributed by atoms with Gasteiger partial charge in [0, 0.05) is 34.4 Å². The molecular formula is C12H30ClNO4Si. The molecule has 0 aromatic rings. The Hall–Kier alpha value is 0.307. The second-order valence-electron chi connectivity index (χ2n) is 4.54. The number of quaternary nitrogens is 1. The van der Waals surface area contributed by atoms with Gasteiger partial charge in [0.25, 0.3) is 0 Å². The highest BCUT2D eigenvalue weighted by Crippen LogP contribution is 2.18. The zero-order valence-electron chi connectivity index (χ0n) is 12.9. The molecule has 0 aromatic carbocycles. The average Bonchev–Trinajstić information content (AvgIpc) is 2.44. The maximum atomic E-state index is 9.01. The van der Waals surface area contributed by atoms with Crippen LogP contribution in [-0.2, 0) is 13.3 Å². The van der Waals surface area contributed by atoms with Crippen molar-refractivity contribution in [2.24, 2.45) is 0 Å². The second kappa shape index (κ2) is 11.0. The minimum absolute atomic E-state index is 0. The molecule has 19 heavy (non-hydrogen) atoms. The van der Waals surface area contributed by atoms with Crippen LogP contribution in [0.25, 0.3) is 0 Å². The normalized spacial score (nSPS) is 12.3. The van der Waals surface area contributed by atoms with Gasteiger partial charge in [-0.2, -0.15) is 0 Å². The topological polar surface area (TPSA) is 47.9 Å². The van der Waals surface area contributed by atoms with Crippen LogP contribution in [0.1, 0.15) is 20.3 Å². The number of hydrogen-bond donors (Lipinski definition) is 1. The summed E-state index contributed by atoms with van der Waals surface area (Å²) in [5, 5.41) is 9.01. The van der Waals surface area contributed by atoms with Crippen molar-refractivity contribution in [2.75, 3.05) is 54.1 Å². The van der Waals surface area contributed by atoms with E-state index in [0.29, 0.717) is 0 Å². The van der Waals surface area contributed by atoms with Gasteiger partial charge in [-0.15, -0.1) is 0 Å². The van der Waals surface area contributed by atoms with Crippen molar-refractivity contribution in [3.05, 3.63) is 0 Å². The summed E-state index contributed by atoms with van der Waals surface area (Å²) in [6.07, 6.45) is 0.836. The molecule has 118 valence electrons. The van der Waals surface area contributed by atoms with E-state index in [1.165, 1.54) is 0 Å². The molecule has 5 nitrogen and oxygen atoms in total. The molecular weight excluding hydrogens is 286 g/mol. The molecule has 0 unspecified atom stereocenters. The van der Waals surface area contributed by atoms with Crippen molar-refractivity contribution in [3.8, 4) is 0 Å². The molecule has 0 aliphatic rings. The summed E-state index contributed by atoms with van der Waals surface area (Å²) < 4.78 is 17.4. The van der Waals surface area contributed by atoms with E-state index < -0.39 is 8.80 Å². The fourth-order valence-corrected chi connectivity index (χ4v) is 4.16. The Kier molecular flexibility index (Phi) is 12.5. The summed E-state index contributed by atoms with van der Waals surface area (Å²) in [6.45, 7) is 8.70. The van der Waals surface area contributed by atoms with Gasteiger partial charge in [-0.3, -0.25) is 0 Å². The standard InChI is InChI=1S/C12H30NO4Si.ClH/c1-6-13(7-2,9-8-11-14)10-12-18(15-3,16-4)17-5;/h14H,6-12H2,1-5H3;1H/q+1;/p-1. The van der Waals surface area contributed by atoms with Crippen molar-refractivity contribution in [2.45, 2.75) is 26.3 Å². The van der Waals surface area contributed by atoms with Gasteiger partial charge in [0.2, 0.25) is 0 Å². The van der Waals surface area contributed by atoms with E-state index in [9.17, 15) is 0 Å². The first kappa shape index (κ1) is 21.6. The monoisotopic (exact) mass is 315 g/mol. The van der Waals surface area contributed by atoms with Crippen LogP contribution < -0.4 is 12.4 Å². The minimum Gasteiger partial charge on any atom is -1.00 e. The van der Waals surface area contributed by atoms with E-state index in [1.54, 1.807) is 21.3 Å². The molecule has 0 heterocycles. The summed E-state index contributed by atoms with van der Waals surface area (Å²) in [5.74, 6) is 0. The molecule has 0 saturated carbocycles. The SMILES string of the molecule is CC[N+](CC)(CCCO)CC[Si](OC)(OC)OC.[Cl-]. The van der Waals surface area contributed by atoms with Gasteiger partial charge in [0.1, 0.15) is 0 Å². The van der Waals surface area contributed by atoms with E-state index in [2.05, 4.69) is 13.8 Å². The fourth-order valence-electron chi connectivity index (χ4n) is 2.30. The third kappa shape index (κ3) is 6.53. The van der Waals surface area contributed by atoms with Crippen LogP contribution in [0.2, 0.25) is 6.04 Å². The Morgan fingerprint density at radius 1 is 0.947 bits per heavy atom. The maximum absolute atomic E-state index is 9.01. The predicted molar refractivity (Wildman–Crippen MR) is 74.4 cm³/mol. The highest BCUT2D eigenvalue weighted by atomic mass is 35.5. The molecule has 0 amide bonds. The Labute approximate surface area is 125 Å². The number of aliphatic hydroxyl groups is 1. The largest absolute Gasteiger partial charge is 1.00 e. The van der Waals surface area contributed by atoms with Crippen LogP contribution >= 0.6 is 0 Å². The van der Waals surface area contributed by atoms with E-state index in [-0.39, 0.29) is 19.0 Å². The second-order valence-corrected chi connectivity index (χ2v) is 7.63. The average molecular weight is 316 g/mol. The van der Waals surface area contributed by atoms with E-state index in [0.717, 1.165) is 43.1 Å². The number of halogens is 1. The van der Waals surface area contributed by atoms with Gasteiger partial charge >= 0.3 is 8.80 Å². The van der Waals surface area contributed by atoms with Crippen molar-refractivity contribution in [3.63, 3.8) is 0 Å². The van der Waals surface area contributed by atoms with Crippen molar-refractivity contribution in [1.29, 1.82) is 0 Å². The zero-order chi connectivity index (χ0) is 14.1. The highest BCUT2D eigenvalue weighted by Gasteiger charge is 2.40. The molecule has 0 aliphatic carbocycles. The molecule has 0 radical (unpaired) electrons. The van der Waals surface area contributed by atoms with E-state index in [4.69, 9.17) is 18.4 Å². The third-order valence-corrected chi connectivity index (χ3v) is 6.66. The zero-order valence-corrected chi connectivity index (χ0v) is 14.7. The van der Waals surface area contributed by atoms with Gasteiger partial charge in [-0.25, -0.2) is 0 Å². The summed E-state index contributed by atoms with van der Waals surface area (Å²) >= 11 is 0. The van der Waals surface area contributed by atoms with Gasteiger partial charge < -0.3 is 35.3 Å². The lowest BCUT2D eigenvalue weighted by Gasteiger charge is -2.38. The number of hydrogen-bond acceptors (Lipinski definition) is 4. The summed E-state index contributed by atoms with van der Waals surface area (Å²) in [6, 6.07) is 0.809. The molecule has 0 spiro atoms. The minimum atomic E-state index is -2.48. The molecule has 7 heteroatoms. The lowest BCUT2D eigenvalue weighted by Crippen LogP contribution is -3.00. The van der Waals surface area contributed by atoms with Crippen LogP contribution in [-0.4, -0.2) is 72.5 Å². The first-order chi connectivity index (χ1) is 8.57. The predicted octanol–water partition coefficient (Wildman–Crippen LogP) is -1.89. The summed E-state index contributed by atoms with van der Waals surface area (Å²) in [7, 11) is 2.48. The van der Waals surface area contributed by atoms with Crippen LogP contribution in [0, 0.1) is 0 Å². The maximum Gasteiger partial charge on any atom is 0.505 e. The third-order valence-electron chi connectivity index (χ3n) is 3.96.